The first-order chi connectivity index (χ1) is 9.19. The highest BCUT2D eigenvalue weighted by atomic mass is 32.1. The van der Waals surface area contributed by atoms with Crippen LogP contribution in [0.2, 0.25) is 0 Å². The van der Waals surface area contributed by atoms with Crippen molar-refractivity contribution >= 4 is 27.4 Å². The van der Waals surface area contributed by atoms with E-state index in [1.165, 1.54) is 10.4 Å². The fraction of sp³-hybridized carbons (Fsp3) is 0.500. The molecule has 7 heteroatoms. The summed E-state index contributed by atoms with van der Waals surface area (Å²) in [5, 5.41) is 1.00. The molecule has 3 N–H and O–H groups in total. The number of hydrazine groups is 1. The normalized spacial score (nSPS) is 15.7. The molecule has 2 aromatic rings. The molecule has 0 amide bonds. The molecular weight excluding hydrogens is 264 g/mol. The van der Waals surface area contributed by atoms with Crippen molar-refractivity contribution in [3.63, 3.8) is 0 Å². The second-order valence-corrected chi connectivity index (χ2v) is 5.77. The summed E-state index contributed by atoms with van der Waals surface area (Å²) in [5.41, 5.74) is 3.83. The van der Waals surface area contributed by atoms with Gasteiger partial charge in [0.2, 0.25) is 0 Å². The maximum absolute atomic E-state index is 5.64. The summed E-state index contributed by atoms with van der Waals surface area (Å²) in [5.74, 6) is 6.87. The van der Waals surface area contributed by atoms with Crippen LogP contribution in [0.15, 0.2) is 0 Å². The molecule has 0 unspecified atom stereocenters. The predicted octanol–water partition coefficient (Wildman–Crippen LogP) is 1.51. The number of aromatic nitrogens is 2. The minimum absolute atomic E-state index is 0.167. The van der Waals surface area contributed by atoms with E-state index in [4.69, 9.17) is 15.3 Å². The van der Waals surface area contributed by atoms with Crippen LogP contribution >= 0.6 is 11.3 Å². The van der Waals surface area contributed by atoms with Crippen molar-refractivity contribution in [2.45, 2.75) is 26.6 Å². The second-order valence-electron chi connectivity index (χ2n) is 4.57. The first kappa shape index (κ1) is 12.7. The van der Waals surface area contributed by atoms with Gasteiger partial charge in [-0.3, -0.25) is 0 Å². The maximum Gasteiger partial charge on any atom is 0.158 e. The Morgan fingerprint density at radius 2 is 2.21 bits per heavy atom. The number of fused-ring (bicyclic) bond motifs is 1. The summed E-state index contributed by atoms with van der Waals surface area (Å²) < 4.78 is 10.7. The summed E-state index contributed by atoms with van der Waals surface area (Å²) >= 11 is 1.65. The standard InChI is InChI=1S/C12H16N4O2S/c1-6-7(2)19-12-10(6)11(16-13)14-9(15-12)5-18-8-3-17-4-8/h8H,3-5,13H2,1-2H3,(H,14,15,16). The molecule has 102 valence electrons. The van der Waals surface area contributed by atoms with Crippen LogP contribution in [-0.4, -0.2) is 29.3 Å². The molecule has 3 rings (SSSR count). The minimum atomic E-state index is 0.167. The maximum atomic E-state index is 5.64. The summed E-state index contributed by atoms with van der Waals surface area (Å²) in [4.78, 5) is 11.1. The lowest BCUT2D eigenvalue weighted by Crippen LogP contribution is -2.36. The number of ether oxygens (including phenoxy) is 2. The lowest BCUT2D eigenvalue weighted by Gasteiger charge is -2.25. The Morgan fingerprint density at radius 1 is 1.42 bits per heavy atom. The van der Waals surface area contributed by atoms with Crippen LogP contribution < -0.4 is 11.3 Å². The number of hydrogen-bond donors (Lipinski definition) is 2. The number of nitrogens with zero attached hydrogens (tertiary/aromatic N) is 2. The zero-order valence-electron chi connectivity index (χ0n) is 10.9. The number of nitrogens with one attached hydrogen (secondary N) is 1. The molecule has 0 atom stereocenters. The van der Waals surface area contributed by atoms with Gasteiger partial charge in [-0.1, -0.05) is 0 Å². The smallest absolute Gasteiger partial charge is 0.158 e. The van der Waals surface area contributed by atoms with Crippen LogP contribution in [0.5, 0.6) is 0 Å². The van der Waals surface area contributed by atoms with Gasteiger partial charge in [0.1, 0.15) is 17.5 Å². The monoisotopic (exact) mass is 280 g/mol. The number of anilines is 1. The fourth-order valence-electron chi connectivity index (χ4n) is 1.97. The van der Waals surface area contributed by atoms with Crippen molar-refractivity contribution in [3.05, 3.63) is 16.3 Å². The zero-order valence-corrected chi connectivity index (χ0v) is 11.7. The van der Waals surface area contributed by atoms with Crippen molar-refractivity contribution < 1.29 is 9.47 Å². The van der Waals surface area contributed by atoms with Crippen molar-refractivity contribution in [2.75, 3.05) is 18.6 Å². The number of hydrogen-bond acceptors (Lipinski definition) is 7. The van der Waals surface area contributed by atoms with Gasteiger partial charge in [-0.2, -0.15) is 0 Å². The van der Waals surface area contributed by atoms with Crippen LogP contribution in [0.4, 0.5) is 5.82 Å². The van der Waals surface area contributed by atoms with Gasteiger partial charge in [-0.25, -0.2) is 15.8 Å². The number of thiophene rings is 1. The van der Waals surface area contributed by atoms with Gasteiger partial charge in [-0.05, 0) is 19.4 Å². The molecule has 2 aromatic heterocycles. The van der Waals surface area contributed by atoms with E-state index in [1.54, 1.807) is 11.3 Å². The molecule has 0 radical (unpaired) electrons. The molecule has 1 saturated heterocycles. The van der Waals surface area contributed by atoms with E-state index >= 15 is 0 Å². The van der Waals surface area contributed by atoms with E-state index < -0.39 is 0 Å². The van der Waals surface area contributed by atoms with Crippen molar-refractivity contribution in [2.24, 2.45) is 5.84 Å². The van der Waals surface area contributed by atoms with Gasteiger partial charge in [-0.15, -0.1) is 11.3 Å². The largest absolute Gasteiger partial charge is 0.376 e. The van der Waals surface area contributed by atoms with E-state index in [0.717, 1.165) is 10.2 Å². The first-order valence-corrected chi connectivity index (χ1v) is 6.93. The highest BCUT2D eigenvalue weighted by molar-refractivity contribution is 7.18. The Bertz CT molecular complexity index is 609. The summed E-state index contributed by atoms with van der Waals surface area (Å²) in [6.45, 7) is 5.82. The minimum Gasteiger partial charge on any atom is -0.376 e. The Labute approximate surface area is 114 Å². The molecule has 1 aliphatic rings. The molecule has 1 fully saturated rings. The third kappa shape index (κ3) is 2.30. The topological polar surface area (TPSA) is 82.3 Å². The number of aryl methyl sites for hydroxylation is 2. The number of nitrogens with two attached hydrogens (primary N) is 1. The SMILES string of the molecule is Cc1sc2nc(COC3COC3)nc(NN)c2c1C. The van der Waals surface area contributed by atoms with Crippen molar-refractivity contribution in [1.29, 1.82) is 0 Å². The molecule has 3 heterocycles. The Morgan fingerprint density at radius 3 is 2.84 bits per heavy atom. The van der Waals surface area contributed by atoms with Gasteiger partial charge in [0, 0.05) is 4.88 Å². The van der Waals surface area contributed by atoms with Crippen LogP contribution in [0.25, 0.3) is 10.2 Å². The molecular formula is C12H16N4O2S. The van der Waals surface area contributed by atoms with Gasteiger partial charge < -0.3 is 14.9 Å². The Kier molecular flexibility index (Phi) is 3.36. The summed E-state index contributed by atoms with van der Waals surface area (Å²) in [7, 11) is 0. The van der Waals surface area contributed by atoms with Crippen molar-refractivity contribution in [3.8, 4) is 0 Å². The first-order valence-electron chi connectivity index (χ1n) is 6.11. The average molecular weight is 280 g/mol. The number of nitrogen functional groups attached to an aromatic ring is 1. The molecule has 0 aliphatic carbocycles. The quantitative estimate of drug-likeness (QED) is 0.652. The van der Waals surface area contributed by atoms with Gasteiger partial charge in [0.15, 0.2) is 11.6 Å². The predicted molar refractivity (Wildman–Crippen MR) is 74.1 cm³/mol. The highest BCUT2D eigenvalue weighted by Crippen LogP contribution is 2.32. The van der Waals surface area contributed by atoms with E-state index in [-0.39, 0.29) is 6.10 Å². The molecule has 1 aliphatic heterocycles. The zero-order chi connectivity index (χ0) is 13.4. The molecule has 6 nitrogen and oxygen atoms in total. The molecule has 19 heavy (non-hydrogen) atoms. The van der Waals surface area contributed by atoms with E-state index in [2.05, 4.69) is 29.2 Å². The van der Waals surface area contributed by atoms with Gasteiger partial charge >= 0.3 is 0 Å². The van der Waals surface area contributed by atoms with E-state index in [9.17, 15) is 0 Å². The Balaban J connectivity index is 1.92. The third-order valence-electron chi connectivity index (χ3n) is 3.27. The summed E-state index contributed by atoms with van der Waals surface area (Å²) in [6.07, 6.45) is 0.167. The van der Waals surface area contributed by atoms with Crippen LogP contribution in [0, 0.1) is 13.8 Å². The second kappa shape index (κ2) is 5.01. The highest BCUT2D eigenvalue weighted by Gasteiger charge is 2.20. The summed E-state index contributed by atoms with van der Waals surface area (Å²) in [6, 6.07) is 0. The van der Waals surface area contributed by atoms with Crippen molar-refractivity contribution in [1.82, 2.24) is 9.97 Å². The lowest BCUT2D eigenvalue weighted by atomic mass is 10.2. The van der Waals surface area contributed by atoms with E-state index in [0.29, 0.717) is 31.5 Å². The molecule has 0 spiro atoms. The van der Waals surface area contributed by atoms with Gasteiger partial charge in [0.05, 0.1) is 18.6 Å². The number of rotatable bonds is 4. The van der Waals surface area contributed by atoms with Crippen LogP contribution in [-0.2, 0) is 16.1 Å². The molecule has 0 bridgehead atoms. The van der Waals surface area contributed by atoms with Crippen LogP contribution in [0.1, 0.15) is 16.3 Å². The third-order valence-corrected chi connectivity index (χ3v) is 4.37. The lowest BCUT2D eigenvalue weighted by molar-refractivity contribution is -0.136. The molecule has 0 aromatic carbocycles. The fourth-order valence-corrected chi connectivity index (χ4v) is 3.01. The van der Waals surface area contributed by atoms with E-state index in [1.807, 2.05) is 0 Å². The van der Waals surface area contributed by atoms with Gasteiger partial charge in [0.25, 0.3) is 0 Å². The van der Waals surface area contributed by atoms with Crippen LogP contribution in [0.3, 0.4) is 0 Å². The average Bonchev–Trinajstić information content (AvgIpc) is 2.62. The molecule has 0 saturated carbocycles. The Hall–Kier alpha value is -1.28.